The molecule has 1 fully saturated rings. The smallest absolute Gasteiger partial charge is 0.313 e. The van der Waals surface area contributed by atoms with Crippen molar-refractivity contribution < 1.29 is 9.59 Å². The first-order valence-electron chi connectivity index (χ1n) is 9.54. The number of amides is 2. The highest BCUT2D eigenvalue weighted by molar-refractivity contribution is 7.22. The second-order valence-corrected chi connectivity index (χ2v) is 8.45. The van der Waals surface area contributed by atoms with Gasteiger partial charge in [0.25, 0.3) is 0 Å². The van der Waals surface area contributed by atoms with Crippen LogP contribution in [0.15, 0.2) is 48.5 Å². The second kappa shape index (κ2) is 8.80. The number of carbonyl (C=O) groups is 2. The van der Waals surface area contributed by atoms with Gasteiger partial charge in [-0.3, -0.25) is 9.59 Å². The molecule has 4 rings (SSSR count). The number of nitrogens with one attached hydrogen (secondary N) is 2. The zero-order chi connectivity index (χ0) is 20.2. The van der Waals surface area contributed by atoms with Crippen molar-refractivity contribution in [2.75, 3.05) is 29.9 Å². The molecule has 0 unspecified atom stereocenters. The minimum atomic E-state index is -0.704. The number of rotatable bonds is 4. The van der Waals surface area contributed by atoms with E-state index in [0.29, 0.717) is 23.2 Å². The highest BCUT2D eigenvalue weighted by Gasteiger charge is 2.23. The number of halogens is 1. The third-order valence-electron chi connectivity index (χ3n) is 5.05. The van der Waals surface area contributed by atoms with Crippen LogP contribution < -0.4 is 15.5 Å². The molecule has 2 N–H and O–H groups in total. The zero-order valence-electron chi connectivity index (χ0n) is 15.7. The van der Waals surface area contributed by atoms with Crippen molar-refractivity contribution in [3.05, 3.63) is 53.6 Å². The molecule has 150 valence electrons. The number of piperidine rings is 1. The Kier molecular flexibility index (Phi) is 5.97. The molecule has 1 aromatic heterocycles. The third kappa shape index (κ3) is 4.68. The lowest BCUT2D eigenvalue weighted by Gasteiger charge is -2.31. The molecule has 1 aliphatic rings. The number of benzene rings is 2. The average molecular weight is 429 g/mol. The van der Waals surface area contributed by atoms with E-state index in [1.54, 1.807) is 35.6 Å². The van der Waals surface area contributed by atoms with E-state index in [1.807, 2.05) is 18.2 Å². The summed E-state index contributed by atoms with van der Waals surface area (Å²) in [5.41, 5.74) is 1.46. The SMILES string of the molecule is O=C(NCC1CCN(c2nc3ccccc3s2)CC1)C(=O)Nc1ccccc1Cl. The summed E-state index contributed by atoms with van der Waals surface area (Å²) in [5.74, 6) is -0.999. The third-order valence-corrected chi connectivity index (χ3v) is 6.47. The van der Waals surface area contributed by atoms with Crippen LogP contribution >= 0.6 is 22.9 Å². The molecule has 6 nitrogen and oxygen atoms in total. The lowest BCUT2D eigenvalue weighted by atomic mass is 9.97. The van der Waals surface area contributed by atoms with Crippen molar-refractivity contribution in [1.82, 2.24) is 10.3 Å². The molecule has 2 heterocycles. The number of para-hydroxylation sites is 2. The van der Waals surface area contributed by atoms with Gasteiger partial charge in [-0.15, -0.1) is 0 Å². The van der Waals surface area contributed by atoms with Gasteiger partial charge >= 0.3 is 11.8 Å². The normalized spacial score (nSPS) is 14.7. The van der Waals surface area contributed by atoms with Gasteiger partial charge in [0.05, 0.1) is 20.9 Å². The van der Waals surface area contributed by atoms with E-state index in [-0.39, 0.29) is 0 Å². The van der Waals surface area contributed by atoms with Crippen LogP contribution in [0.25, 0.3) is 10.2 Å². The van der Waals surface area contributed by atoms with Crippen LogP contribution in [0.4, 0.5) is 10.8 Å². The van der Waals surface area contributed by atoms with Gasteiger partial charge in [-0.1, -0.05) is 47.2 Å². The first-order valence-corrected chi connectivity index (χ1v) is 10.7. The minimum absolute atomic E-state index is 0.345. The van der Waals surface area contributed by atoms with E-state index in [0.717, 1.165) is 36.6 Å². The van der Waals surface area contributed by atoms with E-state index in [4.69, 9.17) is 16.6 Å². The van der Waals surface area contributed by atoms with E-state index in [2.05, 4.69) is 21.6 Å². The Labute approximate surface area is 177 Å². The largest absolute Gasteiger partial charge is 0.348 e. The Morgan fingerprint density at radius 1 is 1.07 bits per heavy atom. The Bertz CT molecular complexity index is 997. The van der Waals surface area contributed by atoms with Gasteiger partial charge in [0.2, 0.25) is 0 Å². The summed E-state index contributed by atoms with van der Waals surface area (Å²) in [6.45, 7) is 2.28. The van der Waals surface area contributed by atoms with E-state index in [9.17, 15) is 9.59 Å². The fourth-order valence-corrected chi connectivity index (χ4v) is 4.58. The Balaban J connectivity index is 1.25. The van der Waals surface area contributed by atoms with Crippen molar-refractivity contribution in [2.45, 2.75) is 12.8 Å². The van der Waals surface area contributed by atoms with Crippen molar-refractivity contribution in [2.24, 2.45) is 5.92 Å². The molecular weight excluding hydrogens is 408 g/mol. The summed E-state index contributed by atoms with van der Waals surface area (Å²) >= 11 is 7.72. The van der Waals surface area contributed by atoms with Crippen LogP contribution in [0.1, 0.15) is 12.8 Å². The fourth-order valence-electron chi connectivity index (χ4n) is 3.38. The minimum Gasteiger partial charge on any atom is -0.348 e. The molecule has 1 saturated heterocycles. The fraction of sp³-hybridized carbons (Fsp3) is 0.286. The van der Waals surface area contributed by atoms with Crippen LogP contribution in [0.3, 0.4) is 0 Å². The van der Waals surface area contributed by atoms with Crippen LogP contribution in [-0.2, 0) is 9.59 Å². The molecule has 0 radical (unpaired) electrons. The number of hydrogen-bond donors (Lipinski definition) is 2. The van der Waals surface area contributed by atoms with Gasteiger partial charge in [-0.25, -0.2) is 4.98 Å². The number of aromatic nitrogens is 1. The summed E-state index contributed by atoms with van der Waals surface area (Å²) in [6.07, 6.45) is 1.89. The van der Waals surface area contributed by atoms with Crippen LogP contribution in [0.5, 0.6) is 0 Å². The molecule has 2 amide bonds. The molecule has 29 heavy (non-hydrogen) atoms. The molecule has 3 aromatic rings. The molecule has 0 bridgehead atoms. The highest BCUT2D eigenvalue weighted by Crippen LogP contribution is 2.31. The summed E-state index contributed by atoms with van der Waals surface area (Å²) in [7, 11) is 0. The van der Waals surface area contributed by atoms with Gasteiger partial charge in [-0.2, -0.15) is 0 Å². The summed E-state index contributed by atoms with van der Waals surface area (Å²) in [5, 5.41) is 6.73. The van der Waals surface area contributed by atoms with Gasteiger partial charge < -0.3 is 15.5 Å². The predicted octanol–water partition coefficient (Wildman–Crippen LogP) is 3.92. The summed E-state index contributed by atoms with van der Waals surface area (Å²) < 4.78 is 1.20. The zero-order valence-corrected chi connectivity index (χ0v) is 17.3. The van der Waals surface area contributed by atoms with Gasteiger partial charge in [-0.05, 0) is 43.0 Å². The Morgan fingerprint density at radius 2 is 1.79 bits per heavy atom. The van der Waals surface area contributed by atoms with Gasteiger partial charge in [0, 0.05) is 19.6 Å². The lowest BCUT2D eigenvalue weighted by molar-refractivity contribution is -0.136. The molecule has 2 aromatic carbocycles. The average Bonchev–Trinajstić information content (AvgIpc) is 3.18. The molecule has 0 aliphatic carbocycles. The monoisotopic (exact) mass is 428 g/mol. The van der Waals surface area contributed by atoms with E-state index < -0.39 is 11.8 Å². The Morgan fingerprint density at radius 3 is 2.55 bits per heavy atom. The number of hydrogen-bond acceptors (Lipinski definition) is 5. The lowest BCUT2D eigenvalue weighted by Crippen LogP contribution is -2.41. The van der Waals surface area contributed by atoms with Crippen molar-refractivity contribution in [1.29, 1.82) is 0 Å². The van der Waals surface area contributed by atoms with E-state index >= 15 is 0 Å². The Hall–Kier alpha value is -2.64. The standard InChI is InChI=1S/C21H21ClN4O2S/c22-15-5-1-2-6-16(15)24-20(28)19(27)23-13-14-9-11-26(12-10-14)21-25-17-7-3-4-8-18(17)29-21/h1-8,14H,9-13H2,(H,23,27)(H,24,28). The number of nitrogens with zero attached hydrogens (tertiary/aromatic N) is 2. The summed E-state index contributed by atoms with van der Waals surface area (Å²) in [6, 6.07) is 15.0. The van der Waals surface area contributed by atoms with Gasteiger partial charge in [0.15, 0.2) is 5.13 Å². The quantitative estimate of drug-likeness (QED) is 0.617. The van der Waals surface area contributed by atoms with Crippen molar-refractivity contribution in [3.63, 3.8) is 0 Å². The number of thiazole rings is 1. The number of anilines is 2. The van der Waals surface area contributed by atoms with Crippen molar-refractivity contribution >= 4 is 55.8 Å². The van der Waals surface area contributed by atoms with Crippen LogP contribution in [-0.4, -0.2) is 36.4 Å². The topological polar surface area (TPSA) is 74.3 Å². The second-order valence-electron chi connectivity index (χ2n) is 7.04. The predicted molar refractivity (Wildman–Crippen MR) is 118 cm³/mol. The maximum absolute atomic E-state index is 12.1. The molecule has 8 heteroatoms. The molecule has 1 aliphatic heterocycles. The first kappa shape index (κ1) is 19.7. The van der Waals surface area contributed by atoms with Crippen LogP contribution in [0.2, 0.25) is 5.02 Å². The number of fused-ring (bicyclic) bond motifs is 1. The highest BCUT2D eigenvalue weighted by atomic mass is 35.5. The van der Waals surface area contributed by atoms with Crippen molar-refractivity contribution in [3.8, 4) is 0 Å². The summed E-state index contributed by atoms with van der Waals surface area (Å²) in [4.78, 5) is 31.2. The molecule has 0 atom stereocenters. The van der Waals surface area contributed by atoms with Gasteiger partial charge in [0.1, 0.15) is 0 Å². The molecule has 0 spiro atoms. The maximum Gasteiger partial charge on any atom is 0.313 e. The molecule has 0 saturated carbocycles. The first-order chi connectivity index (χ1) is 14.1. The molecular formula is C21H21ClN4O2S. The van der Waals surface area contributed by atoms with E-state index in [1.165, 1.54) is 4.70 Å². The number of carbonyl (C=O) groups excluding carboxylic acids is 2. The van der Waals surface area contributed by atoms with Crippen LogP contribution in [0, 0.1) is 5.92 Å². The maximum atomic E-state index is 12.1.